The van der Waals surface area contributed by atoms with Gasteiger partial charge in [0.15, 0.2) is 0 Å². The molecule has 0 bridgehead atoms. The van der Waals surface area contributed by atoms with Crippen molar-refractivity contribution in [2.45, 2.75) is 12.8 Å². The van der Waals surface area contributed by atoms with Crippen LogP contribution in [-0.2, 0) is 4.74 Å². The standard InChI is InChI=1S/C17H22N2O2/c1-21-13-15-8-11-19(12-9-15)17(20)16-6-4-14(5-7-16)3-2-10-18/h4-7,15H,8-13,18H2,1H3. The van der Waals surface area contributed by atoms with Crippen LogP contribution in [-0.4, -0.2) is 44.2 Å². The van der Waals surface area contributed by atoms with Crippen LogP contribution in [0.5, 0.6) is 0 Å². The predicted molar refractivity (Wildman–Crippen MR) is 82.9 cm³/mol. The van der Waals surface area contributed by atoms with Gasteiger partial charge in [-0.05, 0) is 43.0 Å². The first kappa shape index (κ1) is 15.6. The summed E-state index contributed by atoms with van der Waals surface area (Å²) in [5.74, 6) is 6.44. The van der Waals surface area contributed by atoms with Crippen LogP contribution in [0.1, 0.15) is 28.8 Å². The van der Waals surface area contributed by atoms with Gasteiger partial charge in [0.2, 0.25) is 0 Å². The Labute approximate surface area is 126 Å². The van der Waals surface area contributed by atoms with E-state index in [4.69, 9.17) is 10.5 Å². The first-order valence-electron chi connectivity index (χ1n) is 7.32. The minimum absolute atomic E-state index is 0.101. The van der Waals surface area contributed by atoms with Crippen molar-refractivity contribution >= 4 is 5.91 Å². The summed E-state index contributed by atoms with van der Waals surface area (Å²) in [5, 5.41) is 0. The summed E-state index contributed by atoms with van der Waals surface area (Å²) in [6.45, 7) is 2.75. The summed E-state index contributed by atoms with van der Waals surface area (Å²) >= 11 is 0. The number of nitrogens with zero attached hydrogens (tertiary/aromatic N) is 1. The van der Waals surface area contributed by atoms with Crippen LogP contribution < -0.4 is 5.73 Å². The van der Waals surface area contributed by atoms with Crippen molar-refractivity contribution in [3.63, 3.8) is 0 Å². The summed E-state index contributed by atoms with van der Waals surface area (Å²) < 4.78 is 5.18. The highest BCUT2D eigenvalue weighted by atomic mass is 16.5. The molecule has 1 saturated heterocycles. The van der Waals surface area contributed by atoms with Gasteiger partial charge in [-0.25, -0.2) is 0 Å². The Bertz CT molecular complexity index is 520. The Hall–Kier alpha value is -1.83. The molecule has 0 atom stereocenters. The fourth-order valence-electron chi connectivity index (χ4n) is 2.57. The van der Waals surface area contributed by atoms with Gasteiger partial charge in [-0.3, -0.25) is 4.79 Å². The summed E-state index contributed by atoms with van der Waals surface area (Å²) in [5.41, 5.74) is 6.95. The van der Waals surface area contributed by atoms with Gasteiger partial charge in [0.25, 0.3) is 5.91 Å². The normalized spacial score (nSPS) is 15.4. The van der Waals surface area contributed by atoms with Gasteiger partial charge in [0.1, 0.15) is 0 Å². The second-order valence-electron chi connectivity index (χ2n) is 5.27. The van der Waals surface area contributed by atoms with E-state index in [9.17, 15) is 4.79 Å². The monoisotopic (exact) mass is 286 g/mol. The van der Waals surface area contributed by atoms with E-state index in [1.165, 1.54) is 0 Å². The third-order valence-corrected chi connectivity index (χ3v) is 3.77. The van der Waals surface area contributed by atoms with Crippen LogP contribution >= 0.6 is 0 Å². The topological polar surface area (TPSA) is 55.6 Å². The molecule has 1 amide bonds. The van der Waals surface area contributed by atoms with E-state index < -0.39 is 0 Å². The largest absolute Gasteiger partial charge is 0.384 e. The number of benzene rings is 1. The van der Waals surface area contributed by atoms with E-state index in [1.807, 2.05) is 29.2 Å². The second kappa shape index (κ2) is 7.82. The fraction of sp³-hybridized carbons (Fsp3) is 0.471. The highest BCUT2D eigenvalue weighted by Crippen LogP contribution is 2.19. The van der Waals surface area contributed by atoms with Crippen molar-refractivity contribution in [2.24, 2.45) is 11.7 Å². The molecule has 1 aromatic carbocycles. The number of likely N-dealkylation sites (tertiary alicyclic amines) is 1. The van der Waals surface area contributed by atoms with Gasteiger partial charge in [-0.2, -0.15) is 0 Å². The van der Waals surface area contributed by atoms with E-state index in [2.05, 4.69) is 11.8 Å². The Morgan fingerprint density at radius 1 is 1.33 bits per heavy atom. The molecule has 1 aromatic rings. The summed E-state index contributed by atoms with van der Waals surface area (Å²) in [6, 6.07) is 7.41. The van der Waals surface area contributed by atoms with Crippen LogP contribution in [0.15, 0.2) is 24.3 Å². The van der Waals surface area contributed by atoms with E-state index in [0.717, 1.165) is 43.7 Å². The number of carbonyl (C=O) groups excluding carboxylic acids is 1. The van der Waals surface area contributed by atoms with Gasteiger partial charge < -0.3 is 15.4 Å². The molecule has 0 radical (unpaired) electrons. The fourth-order valence-corrected chi connectivity index (χ4v) is 2.57. The Balaban J connectivity index is 1.94. The number of rotatable bonds is 3. The summed E-state index contributed by atoms with van der Waals surface area (Å²) in [7, 11) is 1.73. The van der Waals surface area contributed by atoms with Crippen molar-refractivity contribution < 1.29 is 9.53 Å². The highest BCUT2D eigenvalue weighted by Gasteiger charge is 2.23. The lowest BCUT2D eigenvalue weighted by molar-refractivity contribution is 0.0613. The number of hydrogen-bond acceptors (Lipinski definition) is 3. The quantitative estimate of drug-likeness (QED) is 0.857. The van der Waals surface area contributed by atoms with Crippen molar-refractivity contribution in [2.75, 3.05) is 33.4 Å². The first-order valence-corrected chi connectivity index (χ1v) is 7.32. The van der Waals surface area contributed by atoms with Gasteiger partial charge in [-0.1, -0.05) is 11.8 Å². The molecule has 0 spiro atoms. The number of amides is 1. The summed E-state index contributed by atoms with van der Waals surface area (Å²) in [6.07, 6.45) is 2.03. The number of piperidine rings is 1. The molecule has 1 heterocycles. The van der Waals surface area contributed by atoms with E-state index in [1.54, 1.807) is 7.11 Å². The van der Waals surface area contributed by atoms with Crippen molar-refractivity contribution in [3.8, 4) is 11.8 Å². The molecule has 4 heteroatoms. The number of carbonyl (C=O) groups is 1. The van der Waals surface area contributed by atoms with Crippen molar-refractivity contribution in [3.05, 3.63) is 35.4 Å². The summed E-state index contributed by atoms with van der Waals surface area (Å²) in [4.78, 5) is 14.4. The van der Waals surface area contributed by atoms with Gasteiger partial charge in [0, 0.05) is 37.9 Å². The maximum Gasteiger partial charge on any atom is 0.253 e. The van der Waals surface area contributed by atoms with E-state index in [0.29, 0.717) is 12.5 Å². The zero-order chi connectivity index (χ0) is 15.1. The predicted octanol–water partition coefficient (Wildman–Crippen LogP) is 1.50. The molecule has 1 aliphatic rings. The molecule has 21 heavy (non-hydrogen) atoms. The molecular weight excluding hydrogens is 264 g/mol. The molecule has 4 nitrogen and oxygen atoms in total. The number of hydrogen-bond donors (Lipinski definition) is 1. The maximum atomic E-state index is 12.4. The van der Waals surface area contributed by atoms with Crippen LogP contribution in [0.25, 0.3) is 0 Å². The van der Waals surface area contributed by atoms with Crippen LogP contribution in [0.4, 0.5) is 0 Å². The number of nitrogens with two attached hydrogens (primary N) is 1. The third-order valence-electron chi connectivity index (χ3n) is 3.77. The Morgan fingerprint density at radius 3 is 2.57 bits per heavy atom. The molecule has 0 aromatic heterocycles. The zero-order valence-electron chi connectivity index (χ0n) is 12.5. The van der Waals surface area contributed by atoms with Gasteiger partial charge in [-0.15, -0.1) is 0 Å². The second-order valence-corrected chi connectivity index (χ2v) is 5.27. The Kier molecular flexibility index (Phi) is 5.79. The van der Waals surface area contributed by atoms with E-state index >= 15 is 0 Å². The molecule has 0 saturated carbocycles. The van der Waals surface area contributed by atoms with Crippen LogP contribution in [0.3, 0.4) is 0 Å². The third kappa shape index (κ3) is 4.32. The lowest BCUT2D eigenvalue weighted by Crippen LogP contribution is -2.39. The zero-order valence-corrected chi connectivity index (χ0v) is 12.5. The van der Waals surface area contributed by atoms with E-state index in [-0.39, 0.29) is 5.91 Å². The van der Waals surface area contributed by atoms with Crippen LogP contribution in [0, 0.1) is 17.8 Å². The minimum atomic E-state index is 0.101. The molecule has 112 valence electrons. The average Bonchev–Trinajstić information content (AvgIpc) is 2.54. The smallest absolute Gasteiger partial charge is 0.253 e. The highest BCUT2D eigenvalue weighted by molar-refractivity contribution is 5.94. The molecule has 0 aliphatic carbocycles. The molecular formula is C17H22N2O2. The van der Waals surface area contributed by atoms with Crippen LogP contribution in [0.2, 0.25) is 0 Å². The average molecular weight is 286 g/mol. The lowest BCUT2D eigenvalue weighted by atomic mass is 9.97. The SMILES string of the molecule is COCC1CCN(C(=O)c2ccc(C#CCN)cc2)CC1. The number of methoxy groups -OCH3 is 1. The molecule has 2 rings (SSSR count). The van der Waals surface area contributed by atoms with Gasteiger partial charge >= 0.3 is 0 Å². The van der Waals surface area contributed by atoms with Crippen molar-refractivity contribution in [1.82, 2.24) is 4.90 Å². The van der Waals surface area contributed by atoms with Crippen molar-refractivity contribution in [1.29, 1.82) is 0 Å². The number of ether oxygens (including phenoxy) is 1. The first-order chi connectivity index (χ1) is 10.2. The molecule has 1 fully saturated rings. The molecule has 0 unspecified atom stereocenters. The minimum Gasteiger partial charge on any atom is -0.384 e. The molecule has 2 N–H and O–H groups in total. The Morgan fingerprint density at radius 2 is 2.00 bits per heavy atom. The maximum absolute atomic E-state index is 12.4. The molecule has 1 aliphatic heterocycles. The lowest BCUT2D eigenvalue weighted by Gasteiger charge is -2.31. The van der Waals surface area contributed by atoms with Gasteiger partial charge in [0.05, 0.1) is 6.54 Å².